The number of nitrogens with zero attached hydrogens (tertiary/aromatic N) is 3. The molecule has 0 atom stereocenters. The van der Waals surface area contributed by atoms with Crippen LogP contribution in [0, 0.1) is 11.3 Å². The van der Waals surface area contributed by atoms with E-state index in [1.807, 2.05) is 6.07 Å². The Balaban J connectivity index is 2.01. The first kappa shape index (κ1) is 16.3. The van der Waals surface area contributed by atoms with Crippen LogP contribution < -0.4 is 10.5 Å². The van der Waals surface area contributed by atoms with Gasteiger partial charge in [0.15, 0.2) is 5.76 Å². The van der Waals surface area contributed by atoms with Crippen LogP contribution >= 0.6 is 0 Å². The third-order valence-electron chi connectivity index (χ3n) is 3.55. The van der Waals surface area contributed by atoms with E-state index in [9.17, 15) is 5.26 Å². The van der Waals surface area contributed by atoms with Crippen molar-refractivity contribution in [2.45, 2.75) is 6.42 Å². The van der Waals surface area contributed by atoms with E-state index in [0.717, 1.165) is 12.0 Å². The monoisotopic (exact) mass is 332 g/mol. The minimum atomic E-state index is 0.162. The van der Waals surface area contributed by atoms with Crippen molar-refractivity contribution in [2.24, 2.45) is 0 Å². The smallest absolute Gasteiger partial charge is 0.213 e. The quantitative estimate of drug-likeness (QED) is 0.544. The van der Waals surface area contributed by atoms with Gasteiger partial charge in [-0.15, -0.1) is 6.58 Å². The average Bonchev–Trinajstić information content (AvgIpc) is 3.17. The lowest BCUT2D eigenvalue weighted by Crippen LogP contribution is -2.00. The maximum atomic E-state index is 9.24. The van der Waals surface area contributed by atoms with E-state index in [1.165, 1.54) is 0 Å². The Labute approximate surface area is 145 Å². The van der Waals surface area contributed by atoms with E-state index in [0.29, 0.717) is 35.1 Å². The van der Waals surface area contributed by atoms with E-state index in [1.54, 1.807) is 42.8 Å². The zero-order valence-electron chi connectivity index (χ0n) is 13.5. The van der Waals surface area contributed by atoms with Crippen LogP contribution in [0.3, 0.4) is 0 Å². The first-order valence-corrected chi connectivity index (χ1v) is 7.67. The molecule has 0 bridgehead atoms. The van der Waals surface area contributed by atoms with Gasteiger partial charge in [0, 0.05) is 23.4 Å². The zero-order chi connectivity index (χ0) is 17.6. The summed E-state index contributed by atoms with van der Waals surface area (Å²) in [4.78, 5) is 8.64. The fraction of sp³-hybridized carbons (Fsp3) is 0.105. The van der Waals surface area contributed by atoms with Gasteiger partial charge in [0.2, 0.25) is 5.88 Å². The summed E-state index contributed by atoms with van der Waals surface area (Å²) >= 11 is 0. The maximum absolute atomic E-state index is 9.24. The molecule has 6 heteroatoms. The molecule has 0 aromatic carbocycles. The summed E-state index contributed by atoms with van der Waals surface area (Å²) in [6.07, 6.45) is 5.76. The van der Waals surface area contributed by atoms with E-state index in [2.05, 4.69) is 22.6 Å². The molecule has 0 fully saturated rings. The molecular formula is C19H16N4O2. The van der Waals surface area contributed by atoms with Crippen LogP contribution in [0.25, 0.3) is 22.6 Å². The fourth-order valence-corrected chi connectivity index (χ4v) is 2.31. The normalized spacial score (nSPS) is 10.2. The number of hydrogen-bond donors (Lipinski definition) is 1. The molecule has 0 amide bonds. The summed E-state index contributed by atoms with van der Waals surface area (Å²) in [7, 11) is 0. The first-order valence-electron chi connectivity index (χ1n) is 7.67. The topological polar surface area (TPSA) is 98.0 Å². The van der Waals surface area contributed by atoms with Gasteiger partial charge in [-0.25, -0.2) is 9.97 Å². The van der Waals surface area contributed by atoms with Crippen LogP contribution in [0.5, 0.6) is 5.88 Å². The molecule has 0 aliphatic rings. The van der Waals surface area contributed by atoms with Crippen molar-refractivity contribution in [3.05, 3.63) is 61.0 Å². The number of rotatable bonds is 6. The first-order chi connectivity index (χ1) is 12.2. The van der Waals surface area contributed by atoms with Gasteiger partial charge < -0.3 is 14.9 Å². The molecule has 124 valence electrons. The molecule has 3 aromatic rings. The van der Waals surface area contributed by atoms with Gasteiger partial charge in [-0.2, -0.15) is 5.26 Å². The highest BCUT2D eigenvalue weighted by Gasteiger charge is 2.16. The molecule has 0 aliphatic heterocycles. The number of hydrogen-bond acceptors (Lipinski definition) is 6. The van der Waals surface area contributed by atoms with Gasteiger partial charge >= 0.3 is 0 Å². The van der Waals surface area contributed by atoms with Crippen LogP contribution in [-0.2, 0) is 0 Å². The SMILES string of the molecule is C=CCCOc1ccc(-c2cc(C#N)c(N)nc2-c2ccco2)cn1. The Bertz CT molecular complexity index is 910. The van der Waals surface area contributed by atoms with Crippen molar-refractivity contribution >= 4 is 5.82 Å². The highest BCUT2D eigenvalue weighted by molar-refractivity contribution is 5.81. The predicted molar refractivity (Wildman–Crippen MR) is 94.6 cm³/mol. The van der Waals surface area contributed by atoms with E-state index in [4.69, 9.17) is 14.9 Å². The molecule has 0 aliphatic carbocycles. The highest BCUT2D eigenvalue weighted by Crippen LogP contribution is 2.33. The van der Waals surface area contributed by atoms with Gasteiger partial charge in [-0.1, -0.05) is 6.08 Å². The lowest BCUT2D eigenvalue weighted by atomic mass is 10.0. The van der Waals surface area contributed by atoms with Crippen molar-refractivity contribution in [2.75, 3.05) is 12.3 Å². The van der Waals surface area contributed by atoms with E-state index in [-0.39, 0.29) is 5.82 Å². The van der Waals surface area contributed by atoms with Crippen molar-refractivity contribution in [1.29, 1.82) is 5.26 Å². The Kier molecular flexibility index (Phi) is 4.77. The van der Waals surface area contributed by atoms with Crippen LogP contribution in [0.4, 0.5) is 5.82 Å². The van der Waals surface area contributed by atoms with Crippen LogP contribution in [0.15, 0.2) is 59.9 Å². The molecule has 3 rings (SSSR count). The molecule has 3 aromatic heterocycles. The second-order valence-electron chi connectivity index (χ2n) is 5.22. The second kappa shape index (κ2) is 7.32. The molecular weight excluding hydrogens is 316 g/mol. The summed E-state index contributed by atoms with van der Waals surface area (Å²) in [5.41, 5.74) is 8.22. The summed E-state index contributed by atoms with van der Waals surface area (Å²) in [5.74, 6) is 1.25. The van der Waals surface area contributed by atoms with Gasteiger partial charge in [0.05, 0.1) is 18.4 Å². The predicted octanol–water partition coefficient (Wildman–Crippen LogP) is 3.81. The number of nitrogens with two attached hydrogens (primary N) is 1. The summed E-state index contributed by atoms with van der Waals surface area (Å²) in [5, 5.41) is 9.24. The number of nitrogen functional groups attached to an aromatic ring is 1. The third kappa shape index (κ3) is 3.51. The van der Waals surface area contributed by atoms with Crippen molar-refractivity contribution in [3.8, 4) is 34.5 Å². The Morgan fingerprint density at radius 2 is 2.24 bits per heavy atom. The van der Waals surface area contributed by atoms with Crippen LogP contribution in [0.2, 0.25) is 0 Å². The Morgan fingerprint density at radius 1 is 1.36 bits per heavy atom. The number of aromatic nitrogens is 2. The van der Waals surface area contributed by atoms with Crippen molar-refractivity contribution in [3.63, 3.8) is 0 Å². The summed E-state index contributed by atoms with van der Waals surface area (Å²) in [6.45, 7) is 4.17. The molecule has 3 heterocycles. The number of pyridine rings is 2. The van der Waals surface area contributed by atoms with Crippen LogP contribution in [0.1, 0.15) is 12.0 Å². The molecule has 2 N–H and O–H groups in total. The molecule has 0 spiro atoms. The van der Waals surface area contributed by atoms with Crippen molar-refractivity contribution < 1.29 is 9.15 Å². The lowest BCUT2D eigenvalue weighted by Gasteiger charge is -2.10. The molecule has 0 unspecified atom stereocenters. The Hall–Kier alpha value is -3.59. The van der Waals surface area contributed by atoms with Gasteiger partial charge in [0.1, 0.15) is 17.6 Å². The van der Waals surface area contributed by atoms with E-state index < -0.39 is 0 Å². The lowest BCUT2D eigenvalue weighted by molar-refractivity contribution is 0.312. The standard InChI is InChI=1S/C19H16N4O2/c1-2-3-8-25-17-7-6-13(12-22-17)15-10-14(11-20)19(21)23-18(15)16-5-4-9-24-16/h2,4-7,9-10,12H,1,3,8H2,(H2,21,23). The molecule has 0 saturated heterocycles. The Morgan fingerprint density at radius 3 is 2.88 bits per heavy atom. The average molecular weight is 332 g/mol. The largest absolute Gasteiger partial charge is 0.477 e. The number of nitriles is 1. The number of anilines is 1. The molecule has 0 saturated carbocycles. The number of furan rings is 1. The highest BCUT2D eigenvalue weighted by atomic mass is 16.5. The molecule has 0 radical (unpaired) electrons. The minimum absolute atomic E-state index is 0.162. The van der Waals surface area contributed by atoms with E-state index >= 15 is 0 Å². The van der Waals surface area contributed by atoms with Crippen molar-refractivity contribution in [1.82, 2.24) is 9.97 Å². The van der Waals surface area contributed by atoms with Crippen LogP contribution in [-0.4, -0.2) is 16.6 Å². The number of ether oxygens (including phenoxy) is 1. The molecule has 6 nitrogen and oxygen atoms in total. The molecule has 25 heavy (non-hydrogen) atoms. The van der Waals surface area contributed by atoms with Gasteiger partial charge in [0.25, 0.3) is 0 Å². The minimum Gasteiger partial charge on any atom is -0.477 e. The second-order valence-corrected chi connectivity index (χ2v) is 5.22. The fourth-order valence-electron chi connectivity index (χ4n) is 2.31. The van der Waals surface area contributed by atoms with Gasteiger partial charge in [-0.3, -0.25) is 0 Å². The maximum Gasteiger partial charge on any atom is 0.213 e. The summed E-state index contributed by atoms with van der Waals surface area (Å²) < 4.78 is 11.0. The third-order valence-corrected chi connectivity index (χ3v) is 3.55. The summed E-state index contributed by atoms with van der Waals surface area (Å²) in [6, 6.07) is 10.9. The van der Waals surface area contributed by atoms with Gasteiger partial charge in [-0.05, 0) is 30.7 Å². The zero-order valence-corrected chi connectivity index (χ0v) is 13.5.